The summed E-state index contributed by atoms with van der Waals surface area (Å²) in [6.07, 6.45) is -1.43. The number of hydrogen-bond acceptors (Lipinski definition) is 8. The Balaban J connectivity index is 1.65. The second-order valence-electron chi connectivity index (χ2n) is 9.62. The van der Waals surface area contributed by atoms with Crippen molar-refractivity contribution in [3.8, 4) is 23.0 Å². The first-order valence-corrected chi connectivity index (χ1v) is 14.1. The summed E-state index contributed by atoms with van der Waals surface area (Å²) in [5.74, 6) is 2.28. The summed E-state index contributed by atoms with van der Waals surface area (Å²) in [5, 5.41) is 0.546. The van der Waals surface area contributed by atoms with E-state index in [4.69, 9.17) is 52.2 Å². The zero-order valence-corrected chi connectivity index (χ0v) is 25.0. The number of thiocarbonyl (C=S) groups is 1. The molecule has 0 N–H and O–H groups in total. The quantitative estimate of drug-likeness (QED) is 0.222. The van der Waals surface area contributed by atoms with E-state index in [0.717, 1.165) is 27.9 Å². The number of hydrogen-bond donors (Lipinski definition) is 0. The minimum absolute atomic E-state index is 0.0509. The smallest absolute Gasteiger partial charge is 0.308 e. The lowest BCUT2D eigenvalue weighted by atomic mass is 9.94. The molecule has 2 aliphatic heterocycles. The lowest BCUT2D eigenvalue weighted by Gasteiger charge is -2.28. The highest BCUT2D eigenvalue weighted by Crippen LogP contribution is 2.45. The van der Waals surface area contributed by atoms with E-state index in [1.54, 1.807) is 21.1 Å². The Morgan fingerprint density at radius 3 is 2.61 bits per heavy atom. The van der Waals surface area contributed by atoms with E-state index in [1.165, 1.54) is 0 Å². The van der Waals surface area contributed by atoms with Crippen LogP contribution in [0.4, 0.5) is 5.69 Å². The van der Waals surface area contributed by atoms with Crippen molar-refractivity contribution in [2.75, 3.05) is 38.9 Å². The minimum Gasteiger partial charge on any atom is -0.497 e. The molecule has 2 aliphatic rings. The van der Waals surface area contributed by atoms with E-state index in [0.29, 0.717) is 52.8 Å². The Labute approximate surface area is 250 Å². The second kappa shape index (κ2) is 12.5. The van der Waals surface area contributed by atoms with Crippen molar-refractivity contribution >= 4 is 40.5 Å². The van der Waals surface area contributed by atoms with Crippen LogP contribution in [0.1, 0.15) is 41.7 Å². The van der Waals surface area contributed by atoms with Gasteiger partial charge in [-0.1, -0.05) is 29.9 Å². The van der Waals surface area contributed by atoms with Crippen LogP contribution >= 0.6 is 23.8 Å². The fourth-order valence-corrected chi connectivity index (χ4v) is 5.67. The summed E-state index contributed by atoms with van der Waals surface area (Å²) in [7, 11) is 3.22. The largest absolute Gasteiger partial charge is 0.497 e. The van der Waals surface area contributed by atoms with Gasteiger partial charge in [0.1, 0.15) is 41.9 Å². The van der Waals surface area contributed by atoms with Crippen LogP contribution in [-0.2, 0) is 20.8 Å². The SMILES string of the molecule is CCOC(=O)C[C@H]1O[C@H](c2ccc3c(c2C)OCCO3)c2cc(Cl)ccc2N(Cc2ccc(OC)cc2OC)C1=S. The minimum atomic E-state index is -0.767. The Morgan fingerprint density at radius 2 is 1.85 bits per heavy atom. The first-order valence-electron chi connectivity index (χ1n) is 13.4. The molecular formula is C31H32ClNO7S. The average molecular weight is 598 g/mol. The molecule has 10 heteroatoms. The second-order valence-corrected chi connectivity index (χ2v) is 10.5. The Kier molecular flexibility index (Phi) is 8.87. The summed E-state index contributed by atoms with van der Waals surface area (Å²) in [5.41, 5.74) is 4.23. The van der Waals surface area contributed by atoms with Crippen LogP contribution in [0.2, 0.25) is 5.02 Å². The standard InChI is InChI=1S/C31H32ClNO7S/c1-5-37-28(34)16-27-31(41)33(17-19-6-8-21(35-3)15-26(19)36-4)24-10-7-20(32)14-23(24)30(40-27)22-9-11-25-29(18(22)2)39-13-12-38-25/h6-11,14-15,27,30H,5,12-13,16-17H2,1-4H3/t27-,30-/m1/s1. The van der Waals surface area contributed by atoms with Gasteiger partial charge in [-0.05, 0) is 55.8 Å². The van der Waals surface area contributed by atoms with Crippen LogP contribution in [0.3, 0.4) is 0 Å². The van der Waals surface area contributed by atoms with E-state index in [2.05, 4.69) is 0 Å². The van der Waals surface area contributed by atoms with Crippen LogP contribution < -0.4 is 23.8 Å². The van der Waals surface area contributed by atoms with Crippen molar-refractivity contribution in [3.63, 3.8) is 0 Å². The molecule has 0 unspecified atom stereocenters. The van der Waals surface area contributed by atoms with Gasteiger partial charge in [0.15, 0.2) is 11.5 Å². The van der Waals surface area contributed by atoms with Crippen LogP contribution in [0.5, 0.6) is 23.0 Å². The highest BCUT2D eigenvalue weighted by atomic mass is 35.5. The molecular weight excluding hydrogens is 566 g/mol. The van der Waals surface area contributed by atoms with Gasteiger partial charge in [0.2, 0.25) is 0 Å². The molecule has 0 aromatic heterocycles. The van der Waals surface area contributed by atoms with Gasteiger partial charge in [0.05, 0.1) is 33.8 Å². The van der Waals surface area contributed by atoms with Crippen molar-refractivity contribution in [2.45, 2.75) is 39.0 Å². The monoisotopic (exact) mass is 597 g/mol. The number of esters is 1. The predicted molar refractivity (Wildman–Crippen MR) is 160 cm³/mol. The van der Waals surface area contributed by atoms with Crippen molar-refractivity contribution in [3.05, 3.63) is 75.8 Å². The van der Waals surface area contributed by atoms with Crippen LogP contribution in [0.15, 0.2) is 48.5 Å². The number of rotatable bonds is 8. The maximum Gasteiger partial charge on any atom is 0.308 e. The maximum absolute atomic E-state index is 12.8. The van der Waals surface area contributed by atoms with Crippen LogP contribution in [-0.4, -0.2) is 51.1 Å². The molecule has 0 saturated carbocycles. The third-order valence-corrected chi connectivity index (χ3v) is 7.88. The van der Waals surface area contributed by atoms with Gasteiger partial charge < -0.3 is 33.3 Å². The highest BCUT2D eigenvalue weighted by molar-refractivity contribution is 7.80. The number of carbonyl (C=O) groups is 1. The maximum atomic E-state index is 12.8. The first-order chi connectivity index (χ1) is 19.8. The van der Waals surface area contributed by atoms with Gasteiger partial charge in [-0.15, -0.1) is 0 Å². The lowest BCUT2D eigenvalue weighted by Crippen LogP contribution is -2.39. The van der Waals surface area contributed by atoms with Crippen molar-refractivity contribution in [1.82, 2.24) is 0 Å². The average Bonchev–Trinajstić information content (AvgIpc) is 3.08. The third kappa shape index (κ3) is 5.93. The molecule has 8 nitrogen and oxygen atoms in total. The Morgan fingerprint density at radius 1 is 1.05 bits per heavy atom. The summed E-state index contributed by atoms with van der Waals surface area (Å²) in [6.45, 7) is 5.30. The zero-order valence-electron chi connectivity index (χ0n) is 23.4. The summed E-state index contributed by atoms with van der Waals surface area (Å²) < 4.78 is 34.9. The molecule has 2 heterocycles. The fraction of sp³-hybridized carbons (Fsp3) is 0.355. The number of carbonyl (C=O) groups excluding carboxylic acids is 1. The Hall–Kier alpha value is -3.53. The van der Waals surface area contributed by atoms with Gasteiger partial charge in [0, 0.05) is 33.5 Å². The van der Waals surface area contributed by atoms with E-state index in [-0.39, 0.29) is 13.0 Å². The van der Waals surface area contributed by atoms with Crippen molar-refractivity contribution in [2.24, 2.45) is 0 Å². The number of anilines is 1. The molecule has 0 fully saturated rings. The Bertz CT molecular complexity index is 1460. The molecule has 216 valence electrons. The molecule has 41 heavy (non-hydrogen) atoms. The lowest BCUT2D eigenvalue weighted by molar-refractivity contribution is -0.145. The van der Waals surface area contributed by atoms with Gasteiger partial charge >= 0.3 is 5.97 Å². The molecule has 2 atom stereocenters. The molecule has 0 saturated heterocycles. The molecule has 0 spiro atoms. The topological polar surface area (TPSA) is 75.7 Å². The number of ether oxygens (including phenoxy) is 6. The molecule has 3 aromatic carbocycles. The first kappa shape index (κ1) is 29.0. The third-order valence-electron chi connectivity index (χ3n) is 7.17. The number of nitrogens with zero attached hydrogens (tertiary/aromatic N) is 1. The van der Waals surface area contributed by atoms with E-state index in [9.17, 15) is 4.79 Å². The van der Waals surface area contributed by atoms with E-state index in [1.807, 2.05) is 60.4 Å². The van der Waals surface area contributed by atoms with Gasteiger partial charge in [-0.3, -0.25) is 4.79 Å². The fourth-order valence-electron chi connectivity index (χ4n) is 5.19. The highest BCUT2D eigenvalue weighted by Gasteiger charge is 2.37. The van der Waals surface area contributed by atoms with E-state index < -0.39 is 18.2 Å². The molecule has 0 amide bonds. The molecule has 0 bridgehead atoms. The zero-order chi connectivity index (χ0) is 29.1. The molecule has 3 aromatic rings. The summed E-state index contributed by atoms with van der Waals surface area (Å²) in [4.78, 5) is 15.2. The van der Waals surface area contributed by atoms with Crippen LogP contribution in [0.25, 0.3) is 0 Å². The number of halogens is 1. The summed E-state index contributed by atoms with van der Waals surface area (Å²) in [6, 6.07) is 15.1. The number of methoxy groups -OCH3 is 2. The normalized spacial score (nSPS) is 17.9. The molecule has 0 radical (unpaired) electrons. The molecule has 0 aliphatic carbocycles. The predicted octanol–water partition coefficient (Wildman–Crippen LogP) is 6.21. The van der Waals surface area contributed by atoms with Gasteiger partial charge in [0.25, 0.3) is 0 Å². The number of fused-ring (bicyclic) bond motifs is 2. The summed E-state index contributed by atoms with van der Waals surface area (Å²) >= 11 is 12.6. The van der Waals surface area contributed by atoms with Gasteiger partial charge in [-0.25, -0.2) is 0 Å². The van der Waals surface area contributed by atoms with Gasteiger partial charge in [-0.2, -0.15) is 0 Å². The van der Waals surface area contributed by atoms with E-state index >= 15 is 0 Å². The van der Waals surface area contributed by atoms with Crippen molar-refractivity contribution in [1.29, 1.82) is 0 Å². The van der Waals surface area contributed by atoms with Crippen LogP contribution in [0, 0.1) is 6.92 Å². The molecule has 5 rings (SSSR count). The van der Waals surface area contributed by atoms with Crippen molar-refractivity contribution < 1.29 is 33.2 Å². The number of benzene rings is 3.